The molecule has 3 saturated heterocycles. The number of rotatable bonds is 2. The fourth-order valence-electron chi connectivity index (χ4n) is 5.33. The van der Waals surface area contributed by atoms with E-state index in [-0.39, 0.29) is 48.8 Å². The van der Waals surface area contributed by atoms with Crippen molar-refractivity contribution in [2.45, 2.75) is 63.6 Å². The zero-order valence-corrected chi connectivity index (χ0v) is 20.3. The van der Waals surface area contributed by atoms with Crippen LogP contribution in [-0.2, 0) is 21.3 Å². The SMILES string of the molecule is Cn1nc(N2CCC(=O)NC2=O)c2cc(F)c(C3CC4COCC(C3)N4C(=O)OC(C)(C)C)cc21. The number of hydrogen-bond acceptors (Lipinski definition) is 6. The van der Waals surface area contributed by atoms with Crippen LogP contribution in [0.4, 0.5) is 19.8 Å². The van der Waals surface area contributed by atoms with Crippen LogP contribution in [0.1, 0.15) is 51.5 Å². The van der Waals surface area contributed by atoms with E-state index in [2.05, 4.69) is 10.4 Å². The number of aryl methyl sites for hydroxylation is 1. The van der Waals surface area contributed by atoms with Crippen LogP contribution in [0.2, 0.25) is 0 Å². The zero-order valence-electron chi connectivity index (χ0n) is 20.3. The number of imide groups is 1. The van der Waals surface area contributed by atoms with Crippen molar-refractivity contribution in [2.75, 3.05) is 24.7 Å². The number of morpholine rings is 1. The predicted octanol–water partition coefficient (Wildman–Crippen LogP) is 3.04. The van der Waals surface area contributed by atoms with Crippen LogP contribution < -0.4 is 10.2 Å². The third-order valence-corrected chi connectivity index (χ3v) is 6.82. The number of halogens is 1. The van der Waals surface area contributed by atoms with Gasteiger partial charge < -0.3 is 9.47 Å². The Morgan fingerprint density at radius 2 is 1.89 bits per heavy atom. The molecule has 3 aliphatic rings. The van der Waals surface area contributed by atoms with E-state index in [1.807, 2.05) is 20.8 Å². The van der Waals surface area contributed by atoms with Crippen LogP contribution in [0.3, 0.4) is 0 Å². The minimum Gasteiger partial charge on any atom is -0.444 e. The van der Waals surface area contributed by atoms with E-state index in [1.54, 1.807) is 22.7 Å². The van der Waals surface area contributed by atoms with Gasteiger partial charge in [0, 0.05) is 25.4 Å². The van der Waals surface area contributed by atoms with E-state index >= 15 is 4.39 Å². The number of hydrogen-bond donors (Lipinski definition) is 1. The Labute approximate surface area is 202 Å². The summed E-state index contributed by atoms with van der Waals surface area (Å²) in [6, 6.07) is 2.25. The van der Waals surface area contributed by atoms with Crippen molar-refractivity contribution in [2.24, 2.45) is 7.05 Å². The second-order valence-electron chi connectivity index (χ2n) is 10.5. The molecule has 0 saturated carbocycles. The lowest BCUT2D eigenvalue weighted by atomic mass is 9.80. The minimum absolute atomic E-state index is 0.105. The van der Waals surface area contributed by atoms with Gasteiger partial charge in [-0.15, -0.1) is 0 Å². The molecule has 4 amide bonds. The summed E-state index contributed by atoms with van der Waals surface area (Å²) in [5, 5.41) is 7.24. The molecular formula is C24H30FN5O5. The van der Waals surface area contributed by atoms with Gasteiger partial charge in [-0.05, 0) is 57.2 Å². The van der Waals surface area contributed by atoms with Gasteiger partial charge in [-0.3, -0.25) is 24.6 Å². The number of piperidine rings is 1. The first-order chi connectivity index (χ1) is 16.5. The molecular weight excluding hydrogens is 457 g/mol. The van der Waals surface area contributed by atoms with Crippen LogP contribution >= 0.6 is 0 Å². The highest BCUT2D eigenvalue weighted by Crippen LogP contribution is 2.41. The van der Waals surface area contributed by atoms with Crippen LogP contribution in [0, 0.1) is 5.82 Å². The first-order valence-corrected chi connectivity index (χ1v) is 11.9. The van der Waals surface area contributed by atoms with Crippen molar-refractivity contribution < 1.29 is 28.2 Å². The molecule has 11 heteroatoms. The van der Waals surface area contributed by atoms with Gasteiger partial charge in [-0.2, -0.15) is 5.10 Å². The summed E-state index contributed by atoms with van der Waals surface area (Å²) in [5.41, 5.74) is 0.652. The molecule has 0 spiro atoms. The summed E-state index contributed by atoms with van der Waals surface area (Å²) in [6.45, 7) is 6.46. The molecule has 3 aliphatic heterocycles. The van der Waals surface area contributed by atoms with Crippen molar-refractivity contribution >= 4 is 34.8 Å². The highest BCUT2D eigenvalue weighted by atomic mass is 19.1. The maximum Gasteiger partial charge on any atom is 0.410 e. The first kappa shape index (κ1) is 23.5. The fourth-order valence-corrected chi connectivity index (χ4v) is 5.33. The van der Waals surface area contributed by atoms with Gasteiger partial charge in [0.25, 0.3) is 0 Å². The van der Waals surface area contributed by atoms with Crippen molar-refractivity contribution in [1.82, 2.24) is 20.0 Å². The molecule has 1 N–H and O–H groups in total. The Bertz CT molecular complexity index is 1190. The summed E-state index contributed by atoms with van der Waals surface area (Å²) in [4.78, 5) is 39.9. The smallest absolute Gasteiger partial charge is 0.410 e. The van der Waals surface area contributed by atoms with E-state index < -0.39 is 11.6 Å². The molecule has 0 aliphatic carbocycles. The third kappa shape index (κ3) is 4.33. The number of carbonyl (C=O) groups excluding carboxylic acids is 3. The Kier molecular flexibility index (Phi) is 5.70. The van der Waals surface area contributed by atoms with Gasteiger partial charge in [0.2, 0.25) is 5.91 Å². The molecule has 2 unspecified atom stereocenters. The third-order valence-electron chi connectivity index (χ3n) is 6.82. The molecule has 3 fully saturated rings. The molecule has 2 aromatic rings. The molecule has 0 radical (unpaired) electrons. The molecule has 2 bridgehead atoms. The van der Waals surface area contributed by atoms with E-state index in [1.165, 1.54) is 11.0 Å². The van der Waals surface area contributed by atoms with Gasteiger partial charge >= 0.3 is 12.1 Å². The van der Waals surface area contributed by atoms with Crippen LogP contribution in [-0.4, -0.2) is 70.2 Å². The average molecular weight is 488 g/mol. The number of carbonyl (C=O) groups is 3. The topological polar surface area (TPSA) is 106 Å². The molecule has 5 rings (SSSR count). The second-order valence-corrected chi connectivity index (χ2v) is 10.5. The van der Waals surface area contributed by atoms with E-state index in [4.69, 9.17) is 9.47 Å². The highest BCUT2D eigenvalue weighted by molar-refractivity contribution is 6.08. The number of ether oxygens (including phenoxy) is 2. The van der Waals surface area contributed by atoms with Gasteiger partial charge in [0.15, 0.2) is 5.82 Å². The summed E-state index contributed by atoms with van der Waals surface area (Å²) in [6.07, 6.45) is 0.907. The first-order valence-electron chi connectivity index (χ1n) is 11.9. The Morgan fingerprint density at radius 3 is 2.51 bits per heavy atom. The van der Waals surface area contributed by atoms with Crippen LogP contribution in [0.5, 0.6) is 0 Å². The monoisotopic (exact) mass is 487 g/mol. The van der Waals surface area contributed by atoms with Crippen LogP contribution in [0.15, 0.2) is 12.1 Å². The van der Waals surface area contributed by atoms with Gasteiger partial charge in [-0.1, -0.05) is 0 Å². The summed E-state index contributed by atoms with van der Waals surface area (Å²) in [5.74, 6) is -0.503. The standard InChI is InChI=1S/C24H30FN5O5/c1-24(2,3)35-23(33)30-14-7-13(8-15(30)12-34-11-14)16-10-19-17(9-18(16)25)21(27-28(19)4)29-6-5-20(31)26-22(29)32/h9-10,13-15H,5-8,11-12H2,1-4H3,(H,26,31,32). The number of anilines is 1. The maximum atomic E-state index is 15.5. The lowest BCUT2D eigenvalue weighted by Crippen LogP contribution is -2.59. The summed E-state index contributed by atoms with van der Waals surface area (Å²) in [7, 11) is 1.74. The summed E-state index contributed by atoms with van der Waals surface area (Å²) < 4.78 is 28.5. The minimum atomic E-state index is -0.601. The molecule has 2 atom stereocenters. The van der Waals surface area contributed by atoms with Gasteiger partial charge in [-0.25, -0.2) is 14.0 Å². The molecule has 1 aromatic heterocycles. The lowest BCUT2D eigenvalue weighted by Gasteiger charge is -2.48. The molecule has 35 heavy (non-hydrogen) atoms. The van der Waals surface area contributed by atoms with Crippen molar-refractivity contribution in [1.29, 1.82) is 0 Å². The second kappa shape index (κ2) is 8.47. The Balaban J connectivity index is 1.44. The maximum absolute atomic E-state index is 15.5. The molecule has 10 nitrogen and oxygen atoms in total. The number of nitrogens with one attached hydrogen (secondary N) is 1. The zero-order chi connectivity index (χ0) is 25.1. The van der Waals surface area contributed by atoms with E-state index in [0.717, 1.165) is 0 Å². The van der Waals surface area contributed by atoms with Crippen LogP contribution in [0.25, 0.3) is 10.9 Å². The average Bonchev–Trinajstić information content (AvgIpc) is 3.06. The quantitative estimate of drug-likeness (QED) is 0.698. The lowest BCUT2D eigenvalue weighted by molar-refractivity contribution is -0.120. The molecule has 188 valence electrons. The number of nitrogens with zero attached hydrogens (tertiary/aromatic N) is 4. The van der Waals surface area contributed by atoms with Gasteiger partial charge in [0.05, 0.1) is 30.8 Å². The highest BCUT2D eigenvalue weighted by Gasteiger charge is 2.44. The van der Waals surface area contributed by atoms with Crippen molar-refractivity contribution in [3.05, 3.63) is 23.5 Å². The summed E-state index contributed by atoms with van der Waals surface area (Å²) >= 11 is 0. The van der Waals surface area contributed by atoms with E-state index in [9.17, 15) is 14.4 Å². The largest absolute Gasteiger partial charge is 0.444 e. The number of benzene rings is 1. The number of urea groups is 1. The Morgan fingerprint density at radius 1 is 1.20 bits per heavy atom. The Hall–Kier alpha value is -3.21. The fraction of sp³-hybridized carbons (Fsp3) is 0.583. The van der Waals surface area contributed by atoms with Crippen molar-refractivity contribution in [3.8, 4) is 0 Å². The number of fused-ring (bicyclic) bond motifs is 3. The normalized spacial score (nSPS) is 25.1. The van der Waals surface area contributed by atoms with Crippen molar-refractivity contribution in [3.63, 3.8) is 0 Å². The molecule has 4 heterocycles. The molecule has 1 aromatic carbocycles. The van der Waals surface area contributed by atoms with Gasteiger partial charge in [0.1, 0.15) is 11.4 Å². The van der Waals surface area contributed by atoms with E-state index in [0.29, 0.717) is 48.3 Å². The number of aromatic nitrogens is 2. The number of amides is 4. The predicted molar refractivity (Wildman–Crippen MR) is 125 cm³/mol.